The molecule has 5 nitrogen and oxygen atoms in total. The zero-order chi connectivity index (χ0) is 20.7. The maximum atomic E-state index is 12.8. The second-order valence-electron chi connectivity index (χ2n) is 7.19. The third-order valence-electron chi connectivity index (χ3n) is 5.28. The van der Waals surface area contributed by atoms with Gasteiger partial charge < -0.3 is 14.3 Å². The fourth-order valence-corrected chi connectivity index (χ4v) is 4.58. The monoisotopic (exact) mass is 415 g/mol. The molecule has 1 atom stereocenters. The molecule has 0 aliphatic rings. The van der Waals surface area contributed by atoms with Gasteiger partial charge in [-0.15, -0.1) is 0 Å². The number of aryl methyl sites for hydroxylation is 1. The second kappa shape index (κ2) is 7.54. The number of hydrogen-bond donors (Lipinski definition) is 1. The zero-order valence-electron chi connectivity index (χ0n) is 16.8. The van der Waals surface area contributed by atoms with Crippen LogP contribution in [0.3, 0.4) is 0 Å². The zero-order valence-corrected chi connectivity index (χ0v) is 17.6. The van der Waals surface area contributed by atoms with Gasteiger partial charge in [0.1, 0.15) is 5.52 Å². The molecule has 0 aliphatic carbocycles. The summed E-state index contributed by atoms with van der Waals surface area (Å²) in [4.78, 5) is 17.2. The third-order valence-corrected chi connectivity index (χ3v) is 6.22. The Morgan fingerprint density at radius 3 is 2.67 bits per heavy atom. The van der Waals surface area contributed by atoms with Crippen molar-refractivity contribution in [2.45, 2.75) is 30.9 Å². The van der Waals surface area contributed by atoms with Crippen LogP contribution in [-0.4, -0.2) is 20.7 Å². The Balaban J connectivity index is 1.39. The van der Waals surface area contributed by atoms with E-state index >= 15 is 0 Å². The summed E-state index contributed by atoms with van der Waals surface area (Å²) < 4.78 is 8.02. The molecule has 0 aliphatic heterocycles. The molecule has 0 saturated heterocycles. The summed E-state index contributed by atoms with van der Waals surface area (Å²) in [5.74, 6) is -0.0826. The number of anilines is 1. The molecule has 2 aromatic heterocycles. The first-order chi connectivity index (χ1) is 14.6. The lowest BCUT2D eigenvalue weighted by Gasteiger charge is -2.10. The number of benzene rings is 3. The van der Waals surface area contributed by atoms with Gasteiger partial charge in [0.2, 0.25) is 5.91 Å². The van der Waals surface area contributed by atoms with Crippen molar-refractivity contribution >= 4 is 56.3 Å². The topological polar surface area (TPSA) is 60.1 Å². The van der Waals surface area contributed by atoms with Gasteiger partial charge in [0, 0.05) is 34.0 Å². The molecule has 0 spiro atoms. The summed E-state index contributed by atoms with van der Waals surface area (Å²) in [6.45, 7) is 4.90. The Kier molecular flexibility index (Phi) is 4.71. The van der Waals surface area contributed by atoms with E-state index in [-0.39, 0.29) is 11.2 Å². The van der Waals surface area contributed by atoms with Gasteiger partial charge in [-0.3, -0.25) is 4.79 Å². The Bertz CT molecular complexity index is 1350. The van der Waals surface area contributed by atoms with E-state index in [0.29, 0.717) is 5.22 Å². The molecule has 0 fully saturated rings. The normalized spacial score (nSPS) is 12.6. The van der Waals surface area contributed by atoms with Crippen molar-refractivity contribution in [3.05, 3.63) is 66.7 Å². The van der Waals surface area contributed by atoms with Crippen molar-refractivity contribution in [2.24, 2.45) is 0 Å². The van der Waals surface area contributed by atoms with Crippen molar-refractivity contribution in [2.75, 3.05) is 5.32 Å². The van der Waals surface area contributed by atoms with Gasteiger partial charge in [-0.05, 0) is 50.2 Å². The highest BCUT2D eigenvalue weighted by atomic mass is 32.2. The quantitative estimate of drug-likeness (QED) is 0.354. The predicted octanol–water partition coefficient (Wildman–Crippen LogP) is 6.07. The van der Waals surface area contributed by atoms with Gasteiger partial charge in [-0.25, -0.2) is 4.98 Å². The number of oxazole rings is 1. The standard InChI is InChI=1S/C24H21N3O2S/c1-3-27-20-10-6-4-8-17(20)18-14-16(12-13-21(18)27)25-23(28)15(2)30-24-26-19-9-5-7-11-22(19)29-24/h4-15H,3H2,1-2H3,(H,25,28). The van der Waals surface area contributed by atoms with E-state index in [1.807, 2.05) is 43.3 Å². The fraction of sp³-hybridized carbons (Fsp3) is 0.167. The van der Waals surface area contributed by atoms with Gasteiger partial charge in [0.05, 0.1) is 5.25 Å². The number of thioether (sulfide) groups is 1. The lowest BCUT2D eigenvalue weighted by Crippen LogP contribution is -2.22. The van der Waals surface area contributed by atoms with Crippen LogP contribution >= 0.6 is 11.8 Å². The number of fused-ring (bicyclic) bond motifs is 4. The Labute approximate surface area is 178 Å². The molecule has 30 heavy (non-hydrogen) atoms. The molecular weight excluding hydrogens is 394 g/mol. The highest BCUT2D eigenvalue weighted by molar-refractivity contribution is 8.00. The van der Waals surface area contributed by atoms with Crippen molar-refractivity contribution in [1.29, 1.82) is 0 Å². The van der Waals surface area contributed by atoms with E-state index < -0.39 is 0 Å². The molecule has 0 saturated carbocycles. The first kappa shape index (κ1) is 18.8. The molecular formula is C24H21N3O2S. The number of hydrogen-bond acceptors (Lipinski definition) is 4. The fourth-order valence-electron chi connectivity index (χ4n) is 3.82. The highest BCUT2D eigenvalue weighted by Gasteiger charge is 2.19. The molecule has 1 amide bonds. The van der Waals surface area contributed by atoms with Crippen molar-refractivity contribution in [3.63, 3.8) is 0 Å². The van der Waals surface area contributed by atoms with Crippen molar-refractivity contribution in [3.8, 4) is 0 Å². The van der Waals surface area contributed by atoms with Gasteiger partial charge >= 0.3 is 0 Å². The lowest BCUT2D eigenvalue weighted by molar-refractivity contribution is -0.115. The van der Waals surface area contributed by atoms with Crippen LogP contribution in [-0.2, 0) is 11.3 Å². The van der Waals surface area contributed by atoms with Crippen molar-refractivity contribution < 1.29 is 9.21 Å². The van der Waals surface area contributed by atoms with Crippen LogP contribution in [0.15, 0.2) is 76.4 Å². The summed E-state index contributed by atoms with van der Waals surface area (Å²) in [5, 5.41) is 5.54. The summed E-state index contributed by atoms with van der Waals surface area (Å²) in [6, 6.07) is 22.1. The molecule has 150 valence electrons. The summed E-state index contributed by atoms with van der Waals surface area (Å²) in [7, 11) is 0. The maximum absolute atomic E-state index is 12.8. The van der Waals surface area contributed by atoms with E-state index in [4.69, 9.17) is 4.42 Å². The molecule has 5 rings (SSSR count). The van der Waals surface area contributed by atoms with Gasteiger partial charge in [-0.1, -0.05) is 42.1 Å². The first-order valence-corrected chi connectivity index (χ1v) is 10.9. The van der Waals surface area contributed by atoms with E-state index in [0.717, 1.165) is 28.7 Å². The maximum Gasteiger partial charge on any atom is 0.257 e. The minimum absolute atomic E-state index is 0.0826. The molecule has 0 radical (unpaired) electrons. The molecule has 1 N–H and O–H groups in total. The number of carbonyl (C=O) groups excluding carboxylic acids is 1. The number of para-hydroxylation sites is 3. The molecule has 3 aromatic carbocycles. The number of nitrogens with one attached hydrogen (secondary N) is 1. The van der Waals surface area contributed by atoms with E-state index in [9.17, 15) is 4.79 Å². The Hall–Kier alpha value is -3.25. The van der Waals surface area contributed by atoms with E-state index in [2.05, 4.69) is 52.1 Å². The number of amides is 1. The summed E-state index contributed by atoms with van der Waals surface area (Å²) in [6.07, 6.45) is 0. The molecule has 0 bridgehead atoms. The SMILES string of the molecule is CCn1c2ccccc2c2cc(NC(=O)C(C)Sc3nc4ccccc4o3)ccc21. The number of carbonyl (C=O) groups is 1. The first-order valence-electron chi connectivity index (χ1n) is 9.98. The average molecular weight is 416 g/mol. The van der Waals surface area contributed by atoms with Gasteiger partial charge in [-0.2, -0.15) is 0 Å². The minimum atomic E-state index is -0.342. The molecule has 6 heteroatoms. The third kappa shape index (κ3) is 3.23. The Morgan fingerprint density at radius 1 is 1.07 bits per heavy atom. The highest BCUT2D eigenvalue weighted by Crippen LogP contribution is 2.32. The van der Waals surface area contributed by atoms with Crippen molar-refractivity contribution in [1.82, 2.24) is 9.55 Å². The van der Waals surface area contributed by atoms with Crippen LogP contribution in [0.25, 0.3) is 32.9 Å². The van der Waals surface area contributed by atoms with Gasteiger partial charge in [0.25, 0.3) is 5.22 Å². The van der Waals surface area contributed by atoms with Crippen LogP contribution in [0, 0.1) is 0 Å². The van der Waals surface area contributed by atoms with Gasteiger partial charge in [0.15, 0.2) is 5.58 Å². The van der Waals surface area contributed by atoms with Crippen LogP contribution in [0.4, 0.5) is 5.69 Å². The molecule has 2 heterocycles. The number of aromatic nitrogens is 2. The Morgan fingerprint density at radius 2 is 1.83 bits per heavy atom. The second-order valence-corrected chi connectivity index (χ2v) is 8.48. The minimum Gasteiger partial charge on any atom is -0.431 e. The van der Waals surface area contributed by atoms with Crippen LogP contribution in [0.2, 0.25) is 0 Å². The summed E-state index contributed by atoms with van der Waals surface area (Å²) in [5.41, 5.74) is 4.69. The lowest BCUT2D eigenvalue weighted by atomic mass is 10.1. The van der Waals surface area contributed by atoms with Crippen LogP contribution < -0.4 is 5.32 Å². The van der Waals surface area contributed by atoms with E-state index in [1.54, 1.807) is 0 Å². The van der Waals surface area contributed by atoms with Crippen LogP contribution in [0.5, 0.6) is 0 Å². The summed E-state index contributed by atoms with van der Waals surface area (Å²) >= 11 is 1.32. The van der Waals surface area contributed by atoms with E-state index in [1.165, 1.54) is 28.2 Å². The average Bonchev–Trinajstić information content (AvgIpc) is 3.31. The molecule has 5 aromatic rings. The number of nitrogens with zero attached hydrogens (tertiary/aromatic N) is 2. The molecule has 1 unspecified atom stereocenters. The number of rotatable bonds is 5. The predicted molar refractivity (Wildman–Crippen MR) is 123 cm³/mol. The van der Waals surface area contributed by atoms with Crippen LogP contribution in [0.1, 0.15) is 13.8 Å². The largest absolute Gasteiger partial charge is 0.431 e. The smallest absolute Gasteiger partial charge is 0.257 e.